The lowest BCUT2D eigenvalue weighted by Crippen LogP contribution is -2.46. The highest BCUT2D eigenvalue weighted by Crippen LogP contribution is 2.21. The highest BCUT2D eigenvalue weighted by atomic mass is 127. The van der Waals surface area contributed by atoms with Crippen molar-refractivity contribution in [2.75, 3.05) is 37.6 Å². The van der Waals surface area contributed by atoms with E-state index in [0.717, 1.165) is 32.7 Å². The Kier molecular flexibility index (Phi) is 4.84. The molecule has 2 rings (SSSR count). The molecule has 0 aromatic heterocycles. The molecule has 1 aromatic rings. The molecular weight excluding hydrogens is 337 g/mol. The Morgan fingerprint density at radius 3 is 2.61 bits per heavy atom. The lowest BCUT2D eigenvalue weighted by Gasteiger charge is -2.35. The molecule has 1 aromatic carbocycles. The molecule has 0 N–H and O–H groups in total. The number of benzene rings is 1. The average molecular weight is 355 g/mol. The third-order valence-electron chi connectivity index (χ3n) is 3.43. The zero-order valence-electron chi connectivity index (χ0n) is 10.7. The molecule has 0 aliphatic carbocycles. The molecule has 0 saturated carbocycles. The van der Waals surface area contributed by atoms with Crippen molar-refractivity contribution in [1.29, 1.82) is 5.26 Å². The summed E-state index contributed by atoms with van der Waals surface area (Å²) in [4.78, 5) is 4.81. The molecule has 1 saturated heterocycles. The molecule has 18 heavy (non-hydrogen) atoms. The number of hydrogen-bond donors (Lipinski definition) is 0. The number of hydrogen-bond acceptors (Lipinski definition) is 3. The fourth-order valence-electron chi connectivity index (χ4n) is 2.22. The number of piperazine rings is 1. The summed E-state index contributed by atoms with van der Waals surface area (Å²) in [6, 6.07) is 8.88. The first-order valence-electron chi connectivity index (χ1n) is 6.31. The molecule has 1 fully saturated rings. The second-order valence-corrected chi connectivity index (χ2v) is 5.83. The van der Waals surface area contributed by atoms with E-state index in [1.165, 1.54) is 14.8 Å². The lowest BCUT2D eigenvalue weighted by atomic mass is 10.2. The van der Waals surface area contributed by atoms with Gasteiger partial charge in [0.1, 0.15) is 0 Å². The van der Waals surface area contributed by atoms with Crippen LogP contribution in [0.5, 0.6) is 0 Å². The first-order valence-corrected chi connectivity index (χ1v) is 7.39. The SMILES string of the molecule is Cc1ccc(N2CCN(CCC#N)CC2)cc1I. The Bertz CT molecular complexity index is 445. The maximum Gasteiger partial charge on any atom is 0.0635 e. The van der Waals surface area contributed by atoms with E-state index in [9.17, 15) is 0 Å². The summed E-state index contributed by atoms with van der Waals surface area (Å²) in [5.74, 6) is 0. The molecular formula is C14H18IN3. The maximum absolute atomic E-state index is 8.60. The molecule has 3 nitrogen and oxygen atoms in total. The summed E-state index contributed by atoms with van der Waals surface area (Å²) < 4.78 is 1.33. The molecule has 1 aliphatic rings. The zero-order valence-corrected chi connectivity index (χ0v) is 12.9. The molecule has 0 bridgehead atoms. The number of nitriles is 1. The quantitative estimate of drug-likeness (QED) is 0.781. The van der Waals surface area contributed by atoms with Gasteiger partial charge in [0.25, 0.3) is 0 Å². The third-order valence-corrected chi connectivity index (χ3v) is 4.59. The van der Waals surface area contributed by atoms with Gasteiger partial charge in [-0.05, 0) is 47.2 Å². The molecule has 96 valence electrons. The fourth-order valence-corrected chi connectivity index (χ4v) is 2.72. The second kappa shape index (κ2) is 6.39. The van der Waals surface area contributed by atoms with Crippen molar-refractivity contribution < 1.29 is 0 Å². The van der Waals surface area contributed by atoms with Gasteiger partial charge in [0.05, 0.1) is 6.07 Å². The minimum Gasteiger partial charge on any atom is -0.369 e. The van der Waals surface area contributed by atoms with E-state index in [-0.39, 0.29) is 0 Å². The van der Waals surface area contributed by atoms with Crippen molar-refractivity contribution in [3.63, 3.8) is 0 Å². The molecule has 1 aliphatic heterocycles. The van der Waals surface area contributed by atoms with E-state index < -0.39 is 0 Å². The van der Waals surface area contributed by atoms with Crippen LogP contribution in [0.4, 0.5) is 5.69 Å². The van der Waals surface area contributed by atoms with Gasteiger partial charge in [0.15, 0.2) is 0 Å². The van der Waals surface area contributed by atoms with Gasteiger partial charge in [-0.3, -0.25) is 4.90 Å². The van der Waals surface area contributed by atoms with Gasteiger partial charge in [0.2, 0.25) is 0 Å². The van der Waals surface area contributed by atoms with Crippen LogP contribution in [0.25, 0.3) is 0 Å². The monoisotopic (exact) mass is 355 g/mol. The van der Waals surface area contributed by atoms with Crippen LogP contribution in [-0.4, -0.2) is 37.6 Å². The largest absolute Gasteiger partial charge is 0.369 e. The predicted octanol–water partition coefficient (Wildman–Crippen LogP) is 2.64. The number of halogens is 1. The average Bonchev–Trinajstić information content (AvgIpc) is 2.40. The number of aryl methyl sites for hydroxylation is 1. The first kappa shape index (κ1) is 13.6. The van der Waals surface area contributed by atoms with Crippen molar-refractivity contribution in [1.82, 2.24) is 4.90 Å². The van der Waals surface area contributed by atoms with Crippen LogP contribution in [0.2, 0.25) is 0 Å². The molecule has 1 heterocycles. The third kappa shape index (κ3) is 3.36. The highest BCUT2D eigenvalue weighted by Gasteiger charge is 2.16. The van der Waals surface area contributed by atoms with Gasteiger partial charge in [-0.25, -0.2) is 0 Å². The van der Waals surface area contributed by atoms with Gasteiger partial charge in [-0.15, -0.1) is 0 Å². The van der Waals surface area contributed by atoms with Crippen LogP contribution in [-0.2, 0) is 0 Å². The van der Waals surface area contributed by atoms with Crippen molar-refractivity contribution in [2.45, 2.75) is 13.3 Å². The summed E-state index contributed by atoms with van der Waals surface area (Å²) in [6.45, 7) is 7.30. The minimum atomic E-state index is 0.641. The summed E-state index contributed by atoms with van der Waals surface area (Å²) in [6.07, 6.45) is 0.641. The topological polar surface area (TPSA) is 30.3 Å². The molecule has 0 amide bonds. The van der Waals surface area contributed by atoms with Gasteiger partial charge >= 0.3 is 0 Å². The fraction of sp³-hybridized carbons (Fsp3) is 0.500. The van der Waals surface area contributed by atoms with Crippen LogP contribution < -0.4 is 4.90 Å². The van der Waals surface area contributed by atoms with Gasteiger partial charge in [-0.2, -0.15) is 5.26 Å². The molecule has 0 unspecified atom stereocenters. The van der Waals surface area contributed by atoms with Crippen LogP contribution >= 0.6 is 22.6 Å². The molecule has 0 atom stereocenters. The Hall–Kier alpha value is -0.800. The summed E-state index contributed by atoms with van der Waals surface area (Å²) >= 11 is 2.40. The van der Waals surface area contributed by atoms with E-state index in [2.05, 4.69) is 63.6 Å². The van der Waals surface area contributed by atoms with Crippen LogP contribution in [0.15, 0.2) is 18.2 Å². The summed E-state index contributed by atoms with van der Waals surface area (Å²) in [5, 5.41) is 8.60. The van der Waals surface area contributed by atoms with E-state index in [1.54, 1.807) is 0 Å². The predicted molar refractivity (Wildman–Crippen MR) is 82.8 cm³/mol. The van der Waals surface area contributed by atoms with E-state index in [4.69, 9.17) is 5.26 Å². The zero-order chi connectivity index (χ0) is 13.0. The molecule has 4 heteroatoms. The lowest BCUT2D eigenvalue weighted by molar-refractivity contribution is 0.263. The van der Waals surface area contributed by atoms with Gasteiger partial charge in [0, 0.05) is 48.4 Å². The number of anilines is 1. The first-order chi connectivity index (χ1) is 8.70. The van der Waals surface area contributed by atoms with Crippen molar-refractivity contribution in [3.05, 3.63) is 27.3 Å². The second-order valence-electron chi connectivity index (χ2n) is 4.67. The van der Waals surface area contributed by atoms with Crippen molar-refractivity contribution in [3.8, 4) is 6.07 Å². The van der Waals surface area contributed by atoms with Crippen LogP contribution in [0, 0.1) is 21.8 Å². The van der Waals surface area contributed by atoms with Gasteiger partial charge in [-0.1, -0.05) is 6.07 Å². The standard InChI is InChI=1S/C14H18IN3/c1-12-3-4-13(11-14(12)15)18-9-7-17(8-10-18)6-2-5-16/h3-4,11H,2,6-10H2,1H3. The van der Waals surface area contributed by atoms with Crippen molar-refractivity contribution >= 4 is 28.3 Å². The Morgan fingerprint density at radius 2 is 2.00 bits per heavy atom. The van der Waals surface area contributed by atoms with E-state index in [0.29, 0.717) is 6.42 Å². The summed E-state index contributed by atoms with van der Waals surface area (Å²) in [7, 11) is 0. The number of rotatable bonds is 3. The van der Waals surface area contributed by atoms with Crippen molar-refractivity contribution in [2.24, 2.45) is 0 Å². The Labute approximate surface area is 123 Å². The summed E-state index contributed by atoms with van der Waals surface area (Å²) in [5.41, 5.74) is 2.66. The Balaban J connectivity index is 1.93. The van der Waals surface area contributed by atoms with Crippen LogP contribution in [0.3, 0.4) is 0 Å². The molecule has 0 spiro atoms. The van der Waals surface area contributed by atoms with E-state index >= 15 is 0 Å². The smallest absolute Gasteiger partial charge is 0.0635 e. The normalized spacial score (nSPS) is 16.6. The molecule has 0 radical (unpaired) electrons. The van der Waals surface area contributed by atoms with E-state index in [1.807, 2.05) is 0 Å². The minimum absolute atomic E-state index is 0.641. The van der Waals surface area contributed by atoms with Gasteiger partial charge < -0.3 is 4.90 Å². The number of nitrogens with zero attached hydrogens (tertiary/aromatic N) is 3. The van der Waals surface area contributed by atoms with Crippen LogP contribution in [0.1, 0.15) is 12.0 Å². The highest BCUT2D eigenvalue weighted by molar-refractivity contribution is 14.1. The Morgan fingerprint density at radius 1 is 1.28 bits per heavy atom. The maximum atomic E-state index is 8.60.